The molecule has 0 unspecified atom stereocenters. The molecule has 0 bridgehead atoms. The Kier molecular flexibility index (Phi) is 7.06. The van der Waals surface area contributed by atoms with Crippen LogP contribution in [0.1, 0.15) is 55.4 Å². The normalized spacial score (nSPS) is 23.3. The summed E-state index contributed by atoms with van der Waals surface area (Å²) in [6.07, 6.45) is 0. The van der Waals surface area contributed by atoms with Gasteiger partial charge in [0.05, 0.1) is 22.4 Å². The molecular weight excluding hydrogens is 406 g/mol. The average molecular weight is 438 g/mol. The van der Waals surface area contributed by atoms with Crippen LogP contribution in [0.2, 0.25) is 0 Å². The predicted octanol–water partition coefficient (Wildman–Crippen LogP) is 3.41. The molecule has 0 amide bonds. The van der Waals surface area contributed by atoms with Crippen molar-refractivity contribution in [1.82, 2.24) is 0 Å². The Hall–Kier alpha value is -0.811. The van der Waals surface area contributed by atoms with Crippen molar-refractivity contribution in [2.75, 3.05) is 0 Å². The Balaban J connectivity index is 0.000000437. The standard InChI is InChI=1S/C17H27B2O4.C5H5.Fe/c1-14(2)15(3,4)21-18(20-14)12-10-9-11-13(12)19-22-16(5,6)17(7,8)23-19;1-2-4-5-3-1;/h9-11H,1-8H3;1-5H;/q2*-1;+2. The Morgan fingerprint density at radius 3 is 1.59 bits per heavy atom. The van der Waals surface area contributed by atoms with Crippen LogP contribution in [-0.4, -0.2) is 36.6 Å². The smallest absolute Gasteiger partial charge is 0.410 e. The van der Waals surface area contributed by atoms with E-state index in [1.54, 1.807) is 0 Å². The molecule has 0 atom stereocenters. The maximum Gasteiger partial charge on any atom is 2.00 e. The molecule has 7 heteroatoms. The zero-order valence-corrected chi connectivity index (χ0v) is 19.9. The molecule has 0 aromatic heterocycles. The van der Waals surface area contributed by atoms with Gasteiger partial charge in [-0.05, 0) is 55.4 Å². The van der Waals surface area contributed by atoms with Crippen molar-refractivity contribution in [3.05, 3.63) is 48.5 Å². The van der Waals surface area contributed by atoms with Crippen molar-refractivity contribution in [2.45, 2.75) is 77.8 Å². The maximum atomic E-state index is 6.18. The van der Waals surface area contributed by atoms with Crippen molar-refractivity contribution in [2.24, 2.45) is 0 Å². The molecular formula is C22H32B2FeO4. The third-order valence-electron chi connectivity index (χ3n) is 6.45. The Morgan fingerprint density at radius 1 is 0.724 bits per heavy atom. The minimum Gasteiger partial charge on any atom is -0.410 e. The van der Waals surface area contributed by atoms with E-state index in [9.17, 15) is 0 Å². The minimum absolute atomic E-state index is 0. The van der Waals surface area contributed by atoms with Crippen LogP contribution < -0.4 is 10.9 Å². The van der Waals surface area contributed by atoms with Crippen molar-refractivity contribution in [3.8, 4) is 0 Å². The monoisotopic (exact) mass is 438 g/mol. The van der Waals surface area contributed by atoms with Crippen molar-refractivity contribution in [1.29, 1.82) is 0 Å². The second-order valence-corrected chi connectivity index (χ2v) is 9.58. The first kappa shape index (κ1) is 24.5. The SMILES string of the molecule is CC1(C)OB(c2ccc[c-]2B2OC(C)(C)C(C)(C)O2)OC1(C)C.[Fe+2].c1cc[cH-]c1. The van der Waals surface area contributed by atoms with Gasteiger partial charge in [0, 0.05) is 0 Å². The van der Waals surface area contributed by atoms with Gasteiger partial charge < -0.3 is 18.6 Å². The molecule has 2 aliphatic heterocycles. The second-order valence-electron chi connectivity index (χ2n) is 9.58. The summed E-state index contributed by atoms with van der Waals surface area (Å²) < 4.78 is 24.7. The van der Waals surface area contributed by atoms with Crippen LogP contribution in [0.5, 0.6) is 0 Å². The van der Waals surface area contributed by atoms with Gasteiger partial charge >= 0.3 is 31.3 Å². The average Bonchev–Trinajstić information content (AvgIpc) is 3.30. The van der Waals surface area contributed by atoms with Gasteiger partial charge in [0.15, 0.2) is 0 Å². The molecule has 0 radical (unpaired) electrons. The van der Waals surface area contributed by atoms with Gasteiger partial charge in [0.25, 0.3) is 0 Å². The Morgan fingerprint density at radius 2 is 1.17 bits per heavy atom. The van der Waals surface area contributed by atoms with Gasteiger partial charge in [-0.3, -0.25) is 0 Å². The molecule has 29 heavy (non-hydrogen) atoms. The van der Waals surface area contributed by atoms with Crippen LogP contribution in [0, 0.1) is 0 Å². The zero-order chi connectivity index (χ0) is 20.8. The molecule has 2 aromatic rings. The van der Waals surface area contributed by atoms with Gasteiger partial charge in [-0.25, -0.2) is 24.3 Å². The fraction of sp³-hybridized carbons (Fsp3) is 0.545. The third kappa shape index (κ3) is 4.76. The van der Waals surface area contributed by atoms with E-state index in [0.29, 0.717) is 0 Å². The number of rotatable bonds is 2. The second kappa shape index (κ2) is 8.37. The molecule has 0 N–H and O–H groups in total. The van der Waals surface area contributed by atoms with Crippen LogP contribution in [0.15, 0.2) is 48.5 Å². The van der Waals surface area contributed by atoms with E-state index in [-0.39, 0.29) is 39.5 Å². The van der Waals surface area contributed by atoms with Gasteiger partial charge in [0.2, 0.25) is 0 Å². The molecule has 0 aliphatic carbocycles. The first-order valence-corrected chi connectivity index (χ1v) is 10.00. The Labute approximate surface area is 187 Å². The Bertz CT molecular complexity index is 681. The number of hydrogen-bond acceptors (Lipinski definition) is 4. The molecule has 2 heterocycles. The van der Waals surface area contributed by atoms with Gasteiger partial charge in [-0.2, -0.15) is 24.3 Å². The molecule has 2 aliphatic rings. The van der Waals surface area contributed by atoms with Crippen LogP contribution in [0.25, 0.3) is 0 Å². The summed E-state index contributed by atoms with van der Waals surface area (Å²) in [5.74, 6) is 0. The molecule has 4 rings (SSSR count). The van der Waals surface area contributed by atoms with Crippen LogP contribution >= 0.6 is 0 Å². The van der Waals surface area contributed by atoms with Gasteiger partial charge in [-0.15, -0.1) is 10.9 Å². The minimum atomic E-state index is -0.399. The van der Waals surface area contributed by atoms with Crippen LogP contribution in [-0.2, 0) is 35.7 Å². The quantitative estimate of drug-likeness (QED) is 0.533. The molecule has 2 saturated heterocycles. The van der Waals surface area contributed by atoms with Gasteiger partial charge in [0.1, 0.15) is 0 Å². The van der Waals surface area contributed by atoms with Crippen LogP contribution in [0.4, 0.5) is 0 Å². The first-order valence-electron chi connectivity index (χ1n) is 10.00. The topological polar surface area (TPSA) is 36.9 Å². The maximum absolute atomic E-state index is 6.18. The molecule has 158 valence electrons. The molecule has 0 spiro atoms. The summed E-state index contributed by atoms with van der Waals surface area (Å²) in [5.41, 5.74) is 0.540. The fourth-order valence-electron chi connectivity index (χ4n) is 3.14. The summed E-state index contributed by atoms with van der Waals surface area (Å²) >= 11 is 0. The van der Waals surface area contributed by atoms with Crippen molar-refractivity contribution >= 4 is 25.2 Å². The molecule has 2 aromatic carbocycles. The van der Waals surface area contributed by atoms with E-state index in [4.69, 9.17) is 18.6 Å². The largest absolute Gasteiger partial charge is 2.00 e. The van der Waals surface area contributed by atoms with Crippen LogP contribution in [0.3, 0.4) is 0 Å². The van der Waals surface area contributed by atoms with Crippen molar-refractivity contribution in [3.63, 3.8) is 0 Å². The molecule has 0 saturated carbocycles. The summed E-state index contributed by atoms with van der Waals surface area (Å²) in [6, 6.07) is 16.1. The van der Waals surface area contributed by atoms with Crippen molar-refractivity contribution < 1.29 is 35.7 Å². The van der Waals surface area contributed by atoms with Gasteiger partial charge in [-0.1, -0.05) is 0 Å². The fourth-order valence-corrected chi connectivity index (χ4v) is 3.14. The van der Waals surface area contributed by atoms with E-state index < -0.39 is 14.2 Å². The zero-order valence-electron chi connectivity index (χ0n) is 18.8. The van der Waals surface area contributed by atoms with E-state index in [1.807, 2.05) is 48.5 Å². The summed E-state index contributed by atoms with van der Waals surface area (Å²) in [4.78, 5) is 0. The van der Waals surface area contributed by atoms with E-state index in [1.165, 1.54) is 0 Å². The van der Waals surface area contributed by atoms with E-state index in [2.05, 4.69) is 55.4 Å². The summed E-state index contributed by atoms with van der Waals surface area (Å²) in [5, 5.41) is 0. The summed E-state index contributed by atoms with van der Waals surface area (Å²) in [7, 11) is -0.798. The van der Waals surface area contributed by atoms with E-state index in [0.717, 1.165) is 10.9 Å². The summed E-state index contributed by atoms with van der Waals surface area (Å²) in [6.45, 7) is 16.5. The predicted molar refractivity (Wildman–Crippen MR) is 116 cm³/mol. The first-order chi connectivity index (χ1) is 12.9. The molecule has 2 fully saturated rings. The molecule has 4 nitrogen and oxygen atoms in total. The number of hydrogen-bond donors (Lipinski definition) is 0. The third-order valence-corrected chi connectivity index (χ3v) is 6.45. The van der Waals surface area contributed by atoms with E-state index >= 15 is 0 Å².